The van der Waals surface area contributed by atoms with Crippen molar-refractivity contribution in [3.63, 3.8) is 0 Å². The third-order valence-electron chi connectivity index (χ3n) is 4.83. The molecule has 0 aliphatic carbocycles. The number of ether oxygens (including phenoxy) is 2. The molecule has 138 valence electrons. The molecule has 1 fully saturated rings. The van der Waals surface area contributed by atoms with E-state index in [1.807, 2.05) is 13.8 Å². The highest BCUT2D eigenvalue weighted by molar-refractivity contribution is 6.74. The molecule has 0 radical (unpaired) electrons. The minimum Gasteiger partial charge on any atom is -0.404 e. The molecule has 0 aromatic heterocycles. The largest absolute Gasteiger partial charge is 0.404 e. The number of Topliss-reactive ketones (excluding diaryl/α,β-unsaturated/α-hetero) is 1. The van der Waals surface area contributed by atoms with Crippen LogP contribution >= 0.6 is 0 Å². The molecule has 1 heterocycles. The van der Waals surface area contributed by atoms with E-state index in [1.54, 1.807) is 12.2 Å². The lowest BCUT2D eigenvalue weighted by Gasteiger charge is -2.40. The molecule has 0 bridgehead atoms. The van der Waals surface area contributed by atoms with Crippen molar-refractivity contribution in [2.75, 3.05) is 0 Å². The fraction of sp³-hybridized carbons (Fsp3) is 0.737. The van der Waals surface area contributed by atoms with Crippen LogP contribution in [0.15, 0.2) is 25.3 Å². The van der Waals surface area contributed by atoms with Crippen LogP contribution in [-0.4, -0.2) is 38.2 Å². The van der Waals surface area contributed by atoms with E-state index >= 15 is 0 Å². The molecule has 3 atom stereocenters. The Labute approximate surface area is 148 Å². The summed E-state index contributed by atoms with van der Waals surface area (Å²) in [4.78, 5) is 12.8. The van der Waals surface area contributed by atoms with Gasteiger partial charge >= 0.3 is 0 Å². The van der Waals surface area contributed by atoms with Gasteiger partial charge in [-0.1, -0.05) is 32.9 Å². The molecule has 0 N–H and O–H groups in total. The van der Waals surface area contributed by atoms with Crippen LogP contribution in [0.1, 0.15) is 47.5 Å². The fourth-order valence-electron chi connectivity index (χ4n) is 2.43. The Hall–Kier alpha value is -0.753. The first-order valence-corrected chi connectivity index (χ1v) is 11.5. The van der Waals surface area contributed by atoms with E-state index in [0.717, 1.165) is 0 Å². The van der Waals surface area contributed by atoms with Crippen molar-refractivity contribution >= 4 is 14.1 Å². The van der Waals surface area contributed by atoms with E-state index in [9.17, 15) is 4.79 Å². The minimum absolute atomic E-state index is 0.00260. The molecule has 0 saturated carbocycles. The van der Waals surface area contributed by atoms with E-state index < -0.39 is 26.3 Å². The summed E-state index contributed by atoms with van der Waals surface area (Å²) < 4.78 is 18.4. The monoisotopic (exact) mass is 354 g/mol. The van der Waals surface area contributed by atoms with Gasteiger partial charge in [0, 0.05) is 6.42 Å². The van der Waals surface area contributed by atoms with Gasteiger partial charge in [-0.05, 0) is 38.4 Å². The molecular formula is C19H34O4Si. The van der Waals surface area contributed by atoms with Crippen LogP contribution in [0.4, 0.5) is 0 Å². The Morgan fingerprint density at radius 3 is 2.33 bits per heavy atom. The third kappa shape index (κ3) is 5.12. The standard InChI is InChI=1S/C19H34O4Si/c1-10-12-13-14(20)16(23-24(8,9)18(3,4)5)17-15(11-2)21-19(6,7)22-17/h10-11,15-17H,1-2,12-13H2,3-9H3/t15-,16-,17-/m0/s1. The van der Waals surface area contributed by atoms with Crippen LogP contribution in [0.5, 0.6) is 0 Å². The van der Waals surface area contributed by atoms with Gasteiger partial charge in [-0.15, -0.1) is 13.2 Å². The first-order valence-electron chi connectivity index (χ1n) is 8.64. The summed E-state index contributed by atoms with van der Waals surface area (Å²) in [5, 5.41) is 0.00260. The maximum absolute atomic E-state index is 12.8. The van der Waals surface area contributed by atoms with Gasteiger partial charge in [0.15, 0.2) is 19.9 Å². The normalized spacial score (nSPS) is 25.3. The van der Waals surface area contributed by atoms with Gasteiger partial charge in [-0.25, -0.2) is 0 Å². The highest BCUT2D eigenvalue weighted by Crippen LogP contribution is 2.40. The molecule has 24 heavy (non-hydrogen) atoms. The molecule has 0 spiro atoms. The number of carbonyl (C=O) groups is 1. The molecule has 0 aromatic rings. The second kappa shape index (κ2) is 7.64. The maximum Gasteiger partial charge on any atom is 0.193 e. The lowest BCUT2D eigenvalue weighted by Crippen LogP contribution is -2.52. The lowest BCUT2D eigenvalue weighted by atomic mass is 10.0. The molecular weight excluding hydrogens is 320 g/mol. The van der Waals surface area contributed by atoms with Crippen molar-refractivity contribution in [2.24, 2.45) is 0 Å². The van der Waals surface area contributed by atoms with Crippen molar-refractivity contribution in [1.29, 1.82) is 0 Å². The van der Waals surface area contributed by atoms with Crippen LogP contribution in [0.3, 0.4) is 0 Å². The lowest BCUT2D eigenvalue weighted by molar-refractivity contribution is -0.157. The van der Waals surface area contributed by atoms with Gasteiger partial charge in [0.1, 0.15) is 18.3 Å². The van der Waals surface area contributed by atoms with E-state index in [-0.39, 0.29) is 16.9 Å². The first kappa shape index (κ1) is 21.3. The topological polar surface area (TPSA) is 44.8 Å². The Morgan fingerprint density at radius 2 is 1.88 bits per heavy atom. The molecule has 0 aromatic carbocycles. The predicted octanol–water partition coefficient (Wildman–Crippen LogP) is 4.62. The summed E-state index contributed by atoms with van der Waals surface area (Å²) in [5.41, 5.74) is 0. The Balaban J connectivity index is 3.12. The van der Waals surface area contributed by atoms with Gasteiger partial charge in [0.05, 0.1) is 0 Å². The van der Waals surface area contributed by atoms with Crippen LogP contribution in [0.2, 0.25) is 18.1 Å². The SMILES string of the molecule is C=CCCC(=O)[C@H](O[Si](C)(C)C(C)(C)C)[C@H]1OC(C)(C)O[C@H]1C=C. The summed E-state index contributed by atoms with van der Waals surface area (Å²) in [6.45, 7) is 22.0. The van der Waals surface area contributed by atoms with Crippen LogP contribution in [-0.2, 0) is 18.7 Å². The molecule has 1 aliphatic rings. The third-order valence-corrected chi connectivity index (χ3v) is 9.29. The minimum atomic E-state index is -2.14. The van der Waals surface area contributed by atoms with E-state index in [4.69, 9.17) is 13.9 Å². The van der Waals surface area contributed by atoms with E-state index in [1.165, 1.54) is 0 Å². The zero-order valence-electron chi connectivity index (χ0n) is 16.3. The van der Waals surface area contributed by atoms with Crippen molar-refractivity contribution in [3.05, 3.63) is 25.3 Å². The van der Waals surface area contributed by atoms with Crippen molar-refractivity contribution in [1.82, 2.24) is 0 Å². The number of rotatable bonds is 8. The molecule has 1 aliphatic heterocycles. The predicted molar refractivity (Wildman–Crippen MR) is 101 cm³/mol. The summed E-state index contributed by atoms with van der Waals surface area (Å²) in [5.74, 6) is -0.713. The number of hydrogen-bond acceptors (Lipinski definition) is 4. The zero-order chi connectivity index (χ0) is 18.8. The quantitative estimate of drug-likeness (QED) is 0.471. The van der Waals surface area contributed by atoms with Gasteiger partial charge in [0.25, 0.3) is 0 Å². The van der Waals surface area contributed by atoms with Crippen LogP contribution < -0.4 is 0 Å². The van der Waals surface area contributed by atoms with E-state index in [2.05, 4.69) is 47.0 Å². The zero-order valence-corrected chi connectivity index (χ0v) is 17.3. The summed E-state index contributed by atoms with van der Waals surface area (Å²) in [7, 11) is -2.14. The Morgan fingerprint density at radius 1 is 1.29 bits per heavy atom. The highest BCUT2D eigenvalue weighted by atomic mass is 28.4. The number of carbonyl (C=O) groups excluding carboxylic acids is 1. The Bertz CT molecular complexity index is 476. The highest BCUT2D eigenvalue weighted by Gasteiger charge is 2.50. The van der Waals surface area contributed by atoms with Crippen LogP contribution in [0, 0.1) is 0 Å². The molecule has 0 amide bonds. The smallest absolute Gasteiger partial charge is 0.193 e. The molecule has 0 unspecified atom stereocenters. The fourth-order valence-corrected chi connectivity index (χ4v) is 3.68. The Kier molecular flexibility index (Phi) is 6.78. The van der Waals surface area contributed by atoms with Gasteiger partial charge in [0.2, 0.25) is 0 Å². The summed E-state index contributed by atoms with van der Waals surface area (Å²) in [6, 6.07) is 0. The first-order chi connectivity index (χ1) is 10.8. The molecule has 5 heteroatoms. The van der Waals surface area contributed by atoms with Gasteiger partial charge in [-0.2, -0.15) is 0 Å². The van der Waals surface area contributed by atoms with Crippen molar-refractivity contribution < 1.29 is 18.7 Å². The molecule has 4 nitrogen and oxygen atoms in total. The average molecular weight is 355 g/mol. The average Bonchev–Trinajstić information content (AvgIpc) is 2.75. The van der Waals surface area contributed by atoms with E-state index in [0.29, 0.717) is 12.8 Å². The second-order valence-corrected chi connectivity index (χ2v) is 13.1. The van der Waals surface area contributed by atoms with Crippen molar-refractivity contribution in [2.45, 2.75) is 89.7 Å². The maximum atomic E-state index is 12.8. The summed E-state index contributed by atoms with van der Waals surface area (Å²) in [6.07, 6.45) is 3.01. The number of allylic oxidation sites excluding steroid dienone is 1. The van der Waals surface area contributed by atoms with Crippen LogP contribution in [0.25, 0.3) is 0 Å². The molecule has 1 rings (SSSR count). The number of hydrogen-bond donors (Lipinski definition) is 0. The number of ketones is 1. The van der Waals surface area contributed by atoms with Crippen molar-refractivity contribution in [3.8, 4) is 0 Å². The second-order valence-electron chi connectivity index (χ2n) is 8.39. The van der Waals surface area contributed by atoms with Gasteiger partial charge in [-0.3, -0.25) is 4.79 Å². The summed E-state index contributed by atoms with van der Waals surface area (Å²) >= 11 is 0. The van der Waals surface area contributed by atoms with Gasteiger partial charge < -0.3 is 13.9 Å². The molecule has 1 saturated heterocycles.